The maximum Gasteiger partial charge on any atom is 0.259 e. The van der Waals surface area contributed by atoms with Crippen molar-refractivity contribution in [2.75, 3.05) is 5.32 Å². The lowest BCUT2D eigenvalue weighted by Gasteiger charge is -2.07. The van der Waals surface area contributed by atoms with E-state index in [1.54, 1.807) is 4.68 Å². The van der Waals surface area contributed by atoms with Gasteiger partial charge in [0.2, 0.25) is 0 Å². The molecule has 6 nitrogen and oxygen atoms in total. The molecule has 0 bridgehead atoms. The summed E-state index contributed by atoms with van der Waals surface area (Å²) in [5, 5.41) is 7.94. The Morgan fingerprint density at radius 3 is 2.19 bits per heavy atom. The first kappa shape index (κ1) is 18.1. The smallest absolute Gasteiger partial charge is 0.259 e. The zero-order valence-electron chi connectivity index (χ0n) is 15.5. The maximum atomic E-state index is 12.5. The van der Waals surface area contributed by atoms with Gasteiger partial charge in [-0.2, -0.15) is 5.10 Å². The highest BCUT2D eigenvalue weighted by Gasteiger charge is 2.17. The highest BCUT2D eigenvalue weighted by molar-refractivity contribution is 7.99. The molecule has 0 spiro atoms. The second kappa shape index (κ2) is 7.29. The lowest BCUT2D eigenvalue weighted by atomic mass is 10.2. The van der Waals surface area contributed by atoms with Crippen LogP contribution in [0.5, 0.6) is 0 Å². The van der Waals surface area contributed by atoms with Crippen molar-refractivity contribution in [1.82, 2.24) is 19.7 Å². The van der Waals surface area contributed by atoms with Crippen LogP contribution < -0.4 is 5.32 Å². The second-order valence-electron chi connectivity index (χ2n) is 6.18. The van der Waals surface area contributed by atoms with Crippen molar-refractivity contribution in [3.05, 3.63) is 58.7 Å². The highest BCUT2D eigenvalue weighted by Crippen LogP contribution is 2.26. The molecule has 134 valence electrons. The van der Waals surface area contributed by atoms with Crippen LogP contribution in [0.3, 0.4) is 0 Å². The van der Waals surface area contributed by atoms with Crippen LogP contribution in [0, 0.1) is 27.7 Å². The van der Waals surface area contributed by atoms with E-state index in [1.807, 2.05) is 65.1 Å². The molecule has 7 heteroatoms. The van der Waals surface area contributed by atoms with E-state index in [4.69, 9.17) is 0 Å². The summed E-state index contributed by atoms with van der Waals surface area (Å²) >= 11 is 1.50. The lowest BCUT2D eigenvalue weighted by molar-refractivity contribution is 0.102. The van der Waals surface area contributed by atoms with Gasteiger partial charge >= 0.3 is 0 Å². The quantitative estimate of drug-likeness (QED) is 0.709. The Morgan fingerprint density at radius 1 is 1.04 bits per heavy atom. The van der Waals surface area contributed by atoms with Crippen LogP contribution in [0.15, 0.2) is 40.4 Å². The van der Waals surface area contributed by atoms with Crippen molar-refractivity contribution in [3.8, 4) is 0 Å². The maximum absolute atomic E-state index is 12.5. The minimum atomic E-state index is -0.147. The number of amides is 1. The molecule has 1 amide bonds. The molecule has 0 radical (unpaired) electrons. The fourth-order valence-corrected chi connectivity index (χ4v) is 3.61. The summed E-state index contributed by atoms with van der Waals surface area (Å²) in [5.74, 6) is -0.147. The molecule has 26 heavy (non-hydrogen) atoms. The fraction of sp³-hybridized carbons (Fsp3) is 0.263. The number of anilines is 1. The van der Waals surface area contributed by atoms with Crippen molar-refractivity contribution in [3.63, 3.8) is 0 Å². The minimum absolute atomic E-state index is 0.147. The zero-order valence-corrected chi connectivity index (χ0v) is 16.3. The van der Waals surface area contributed by atoms with Gasteiger partial charge in [-0.15, -0.1) is 0 Å². The van der Waals surface area contributed by atoms with E-state index in [0.29, 0.717) is 5.56 Å². The highest BCUT2D eigenvalue weighted by atomic mass is 32.2. The summed E-state index contributed by atoms with van der Waals surface area (Å²) < 4.78 is 1.72. The Balaban J connectivity index is 1.72. The lowest BCUT2D eigenvalue weighted by Crippen LogP contribution is -2.14. The third kappa shape index (κ3) is 3.94. The molecule has 1 aromatic carbocycles. The van der Waals surface area contributed by atoms with Crippen LogP contribution in [0.1, 0.15) is 33.1 Å². The Labute approximate surface area is 157 Å². The molecule has 1 N–H and O–H groups in total. The van der Waals surface area contributed by atoms with Crippen LogP contribution in [0.4, 0.5) is 5.69 Å². The number of benzene rings is 1. The normalized spacial score (nSPS) is 10.8. The Kier molecular flexibility index (Phi) is 5.08. The largest absolute Gasteiger partial charge is 0.322 e. The van der Waals surface area contributed by atoms with Crippen molar-refractivity contribution < 1.29 is 4.79 Å². The summed E-state index contributed by atoms with van der Waals surface area (Å²) in [5.41, 5.74) is 4.83. The molecule has 0 aliphatic carbocycles. The van der Waals surface area contributed by atoms with Gasteiger partial charge in [-0.1, -0.05) is 0 Å². The predicted molar refractivity (Wildman–Crippen MR) is 103 cm³/mol. The minimum Gasteiger partial charge on any atom is -0.322 e. The number of aromatic nitrogens is 4. The number of nitrogens with one attached hydrogen (secondary N) is 1. The number of hydrogen-bond acceptors (Lipinski definition) is 5. The second-order valence-corrected chi connectivity index (χ2v) is 7.22. The number of nitrogens with zero attached hydrogens (tertiary/aromatic N) is 4. The summed E-state index contributed by atoms with van der Waals surface area (Å²) in [7, 11) is 1.83. The van der Waals surface area contributed by atoms with Gasteiger partial charge in [0.1, 0.15) is 0 Å². The molecule has 0 aliphatic rings. The summed E-state index contributed by atoms with van der Waals surface area (Å²) in [6.45, 7) is 7.64. The summed E-state index contributed by atoms with van der Waals surface area (Å²) in [4.78, 5) is 22.4. The fourth-order valence-electron chi connectivity index (χ4n) is 2.75. The first-order chi connectivity index (χ1) is 12.3. The molecule has 0 saturated heterocycles. The molecule has 2 heterocycles. The van der Waals surface area contributed by atoms with Crippen LogP contribution in [0.25, 0.3) is 0 Å². The molecule has 3 rings (SSSR count). The summed E-state index contributed by atoms with van der Waals surface area (Å²) in [6.07, 6.45) is 0. The average Bonchev–Trinajstić information content (AvgIpc) is 2.81. The van der Waals surface area contributed by atoms with E-state index in [1.165, 1.54) is 11.8 Å². The molecule has 3 aromatic rings. The van der Waals surface area contributed by atoms with Crippen molar-refractivity contribution >= 4 is 23.4 Å². The van der Waals surface area contributed by atoms with Crippen LogP contribution in [-0.4, -0.2) is 25.7 Å². The predicted octanol–water partition coefficient (Wildman–Crippen LogP) is 3.85. The number of hydrogen-bond donors (Lipinski definition) is 1. The number of aryl methyl sites for hydroxylation is 4. The van der Waals surface area contributed by atoms with E-state index in [0.717, 1.165) is 38.5 Å². The Hall–Kier alpha value is -2.67. The monoisotopic (exact) mass is 367 g/mol. The molecule has 2 aromatic heterocycles. The van der Waals surface area contributed by atoms with Gasteiger partial charge in [-0.25, -0.2) is 9.97 Å². The van der Waals surface area contributed by atoms with Gasteiger partial charge in [0.15, 0.2) is 5.16 Å². The summed E-state index contributed by atoms with van der Waals surface area (Å²) in [6, 6.07) is 9.60. The van der Waals surface area contributed by atoms with E-state index in [2.05, 4.69) is 20.4 Å². The van der Waals surface area contributed by atoms with E-state index in [-0.39, 0.29) is 5.91 Å². The third-order valence-electron chi connectivity index (χ3n) is 4.02. The van der Waals surface area contributed by atoms with Crippen molar-refractivity contribution in [1.29, 1.82) is 0 Å². The van der Waals surface area contributed by atoms with Crippen molar-refractivity contribution in [2.24, 2.45) is 7.05 Å². The molecule has 0 atom stereocenters. The van der Waals surface area contributed by atoms with Crippen molar-refractivity contribution in [2.45, 2.75) is 37.7 Å². The molecular formula is C19H21N5OS. The van der Waals surface area contributed by atoms with Gasteiger partial charge in [0.25, 0.3) is 5.91 Å². The van der Waals surface area contributed by atoms with Crippen LogP contribution >= 0.6 is 11.8 Å². The van der Waals surface area contributed by atoms with Gasteiger partial charge in [0, 0.05) is 34.7 Å². The first-order valence-electron chi connectivity index (χ1n) is 8.25. The first-order valence-corrected chi connectivity index (χ1v) is 9.07. The van der Waals surface area contributed by atoms with Crippen LogP contribution in [-0.2, 0) is 7.05 Å². The van der Waals surface area contributed by atoms with Gasteiger partial charge in [-0.3, -0.25) is 9.48 Å². The van der Waals surface area contributed by atoms with E-state index >= 15 is 0 Å². The average molecular weight is 367 g/mol. The molecule has 0 aliphatic heterocycles. The van der Waals surface area contributed by atoms with E-state index < -0.39 is 0 Å². The SMILES string of the molecule is Cc1cc(C)nc(Sc2ccc(NC(=O)c3c(C)nn(C)c3C)cc2)n1. The van der Waals surface area contributed by atoms with Gasteiger partial charge < -0.3 is 5.32 Å². The number of carbonyl (C=O) groups excluding carboxylic acids is 1. The standard InChI is InChI=1S/C19H21N5OS/c1-11-10-12(2)21-19(20-11)26-16-8-6-15(7-9-16)22-18(25)17-13(3)23-24(5)14(17)4/h6-10H,1-5H3,(H,22,25). The molecule has 0 unspecified atom stereocenters. The topological polar surface area (TPSA) is 72.7 Å². The van der Waals surface area contributed by atoms with Gasteiger partial charge in [0.05, 0.1) is 11.3 Å². The molecule has 0 saturated carbocycles. The zero-order chi connectivity index (χ0) is 18.8. The number of carbonyl (C=O) groups is 1. The molecular weight excluding hydrogens is 346 g/mol. The Morgan fingerprint density at radius 2 is 1.65 bits per heavy atom. The third-order valence-corrected chi connectivity index (χ3v) is 4.89. The molecule has 0 fully saturated rings. The van der Waals surface area contributed by atoms with Gasteiger partial charge in [-0.05, 0) is 69.8 Å². The Bertz CT molecular complexity index is 943. The van der Waals surface area contributed by atoms with Crippen LogP contribution in [0.2, 0.25) is 0 Å². The number of rotatable bonds is 4. The van der Waals surface area contributed by atoms with E-state index in [9.17, 15) is 4.79 Å².